The van der Waals surface area contributed by atoms with Gasteiger partial charge in [0.25, 0.3) is 5.60 Å². The van der Waals surface area contributed by atoms with Gasteiger partial charge in [-0.25, -0.2) is 4.79 Å². The van der Waals surface area contributed by atoms with Crippen molar-refractivity contribution in [2.75, 3.05) is 7.11 Å². The summed E-state index contributed by atoms with van der Waals surface area (Å²) in [6.07, 6.45) is 2.32. The zero-order chi connectivity index (χ0) is 10.2. The van der Waals surface area contributed by atoms with Crippen LogP contribution < -0.4 is 0 Å². The lowest BCUT2D eigenvalue weighted by atomic mass is 10.0. The number of carbonyl (C=O) groups excluding carboxylic acids is 1. The van der Waals surface area contributed by atoms with E-state index < -0.39 is 17.7 Å². The van der Waals surface area contributed by atoms with Gasteiger partial charge in [0, 0.05) is 5.56 Å². The molecule has 5 heteroatoms. The zero-order valence-corrected chi connectivity index (χ0v) is 7.39. The van der Waals surface area contributed by atoms with E-state index in [1.165, 1.54) is 19.6 Å². The second-order valence-electron chi connectivity index (χ2n) is 2.89. The summed E-state index contributed by atoms with van der Waals surface area (Å²) in [5.74, 6) is -0.675. The number of methoxy groups -OCH3 is 1. The molecule has 0 radical (unpaired) electrons. The number of nitriles is 1. The minimum Gasteiger partial charge on any atom is -0.472 e. The summed E-state index contributed by atoms with van der Waals surface area (Å²) in [5.41, 5.74) is -0.810. The van der Waals surface area contributed by atoms with Crippen molar-refractivity contribution in [2.45, 2.75) is 11.7 Å². The Bertz CT molecular complexity index is 391. The first kappa shape index (κ1) is 8.78. The van der Waals surface area contributed by atoms with Crippen LogP contribution in [0.25, 0.3) is 0 Å². The van der Waals surface area contributed by atoms with Crippen molar-refractivity contribution in [1.82, 2.24) is 0 Å². The van der Waals surface area contributed by atoms with Crippen LogP contribution in [0, 0.1) is 11.3 Å². The van der Waals surface area contributed by atoms with Gasteiger partial charge in [-0.15, -0.1) is 0 Å². The first-order chi connectivity index (χ1) is 6.74. The lowest BCUT2D eigenvalue weighted by molar-refractivity contribution is -0.144. The molecule has 2 heterocycles. The van der Waals surface area contributed by atoms with Crippen LogP contribution >= 0.6 is 0 Å². The number of nitrogens with zero attached hydrogens (tertiary/aromatic N) is 1. The highest BCUT2D eigenvalue weighted by Gasteiger charge is 2.66. The molecule has 0 bridgehead atoms. The van der Waals surface area contributed by atoms with E-state index in [1.54, 1.807) is 12.1 Å². The fraction of sp³-hybridized carbons (Fsp3) is 0.333. The Labute approximate surface area is 79.8 Å². The maximum atomic E-state index is 11.2. The van der Waals surface area contributed by atoms with Gasteiger partial charge in [0.15, 0.2) is 0 Å². The maximum absolute atomic E-state index is 11.2. The van der Waals surface area contributed by atoms with Crippen molar-refractivity contribution in [2.24, 2.45) is 0 Å². The van der Waals surface area contributed by atoms with Crippen molar-refractivity contribution >= 4 is 5.97 Å². The fourth-order valence-corrected chi connectivity index (χ4v) is 1.32. The van der Waals surface area contributed by atoms with Gasteiger partial charge in [-0.1, -0.05) is 0 Å². The molecule has 2 atom stereocenters. The van der Waals surface area contributed by atoms with Crippen molar-refractivity contribution in [1.29, 1.82) is 5.26 Å². The predicted molar refractivity (Wildman–Crippen MR) is 42.9 cm³/mol. The summed E-state index contributed by atoms with van der Waals surface area (Å²) in [5, 5.41) is 8.82. The molecule has 1 aliphatic heterocycles. The van der Waals surface area contributed by atoms with E-state index >= 15 is 0 Å². The van der Waals surface area contributed by atoms with E-state index in [4.69, 9.17) is 14.4 Å². The molecule has 0 aromatic carbocycles. The Balaban J connectivity index is 2.23. The number of hydrogen-bond acceptors (Lipinski definition) is 5. The highest BCUT2D eigenvalue weighted by atomic mass is 16.7. The van der Waals surface area contributed by atoms with Crippen molar-refractivity contribution in [3.63, 3.8) is 0 Å². The number of hydrogen-bond donors (Lipinski definition) is 0. The first-order valence-electron chi connectivity index (χ1n) is 3.94. The highest BCUT2D eigenvalue weighted by molar-refractivity contribution is 5.87. The molecular formula is C9H7NO4. The maximum Gasteiger partial charge on any atom is 0.356 e. The normalized spacial score (nSPS) is 29.3. The van der Waals surface area contributed by atoms with E-state index in [9.17, 15) is 4.79 Å². The summed E-state index contributed by atoms with van der Waals surface area (Å²) >= 11 is 0. The smallest absolute Gasteiger partial charge is 0.356 e. The summed E-state index contributed by atoms with van der Waals surface area (Å²) in [6.45, 7) is 0. The molecule has 1 fully saturated rings. The standard InChI is InChI=1S/C9H7NO4/c1-12-8(11)9(5-10)7(14-9)6-2-3-13-4-6/h2-4,7H,1H3/t7-,9+/m1/s1. The molecule has 0 aliphatic carbocycles. The summed E-state index contributed by atoms with van der Waals surface area (Å²) < 4.78 is 14.4. The van der Waals surface area contributed by atoms with Crippen molar-refractivity contribution < 1.29 is 18.7 Å². The molecule has 1 aromatic rings. The number of ether oxygens (including phenoxy) is 2. The minimum atomic E-state index is -1.47. The third-order valence-electron chi connectivity index (χ3n) is 2.12. The minimum absolute atomic E-state index is 0.571. The number of rotatable bonds is 2. The van der Waals surface area contributed by atoms with Gasteiger partial charge in [0.1, 0.15) is 12.2 Å². The van der Waals surface area contributed by atoms with Crippen LogP contribution in [0.1, 0.15) is 11.7 Å². The lowest BCUT2D eigenvalue weighted by Gasteiger charge is -1.98. The Morgan fingerprint density at radius 2 is 2.57 bits per heavy atom. The molecule has 0 spiro atoms. The molecule has 2 rings (SSSR count). The second kappa shape index (κ2) is 2.86. The molecule has 5 nitrogen and oxygen atoms in total. The number of epoxide rings is 1. The fourth-order valence-electron chi connectivity index (χ4n) is 1.32. The lowest BCUT2D eigenvalue weighted by Crippen LogP contribution is -2.24. The molecule has 1 aliphatic rings. The van der Waals surface area contributed by atoms with E-state index in [-0.39, 0.29) is 0 Å². The van der Waals surface area contributed by atoms with Crippen LogP contribution in [0.15, 0.2) is 23.0 Å². The molecule has 0 unspecified atom stereocenters. The van der Waals surface area contributed by atoms with Gasteiger partial charge >= 0.3 is 5.97 Å². The van der Waals surface area contributed by atoms with Gasteiger partial charge < -0.3 is 13.9 Å². The SMILES string of the molecule is COC(=O)[C@@]1(C#N)O[C@@H]1c1ccoc1. The molecule has 72 valence electrons. The average molecular weight is 193 g/mol. The van der Waals surface area contributed by atoms with Crippen LogP contribution in [0.3, 0.4) is 0 Å². The van der Waals surface area contributed by atoms with Crippen LogP contribution in [-0.2, 0) is 14.3 Å². The third-order valence-corrected chi connectivity index (χ3v) is 2.12. The molecule has 1 aromatic heterocycles. The molecule has 14 heavy (non-hydrogen) atoms. The van der Waals surface area contributed by atoms with E-state index in [2.05, 4.69) is 4.74 Å². The second-order valence-corrected chi connectivity index (χ2v) is 2.89. The summed E-state index contributed by atoms with van der Waals surface area (Å²) in [6, 6.07) is 3.45. The first-order valence-corrected chi connectivity index (χ1v) is 3.94. The summed E-state index contributed by atoms with van der Waals surface area (Å²) in [4.78, 5) is 11.2. The monoisotopic (exact) mass is 193 g/mol. The largest absolute Gasteiger partial charge is 0.472 e. The zero-order valence-electron chi connectivity index (χ0n) is 7.39. The Morgan fingerprint density at radius 3 is 3.07 bits per heavy atom. The quantitative estimate of drug-likeness (QED) is 0.512. The van der Waals surface area contributed by atoms with Crippen LogP contribution in [0.2, 0.25) is 0 Å². The van der Waals surface area contributed by atoms with Gasteiger partial charge in [0.05, 0.1) is 19.6 Å². The van der Waals surface area contributed by atoms with Crippen molar-refractivity contribution in [3.8, 4) is 6.07 Å². The van der Waals surface area contributed by atoms with Gasteiger partial charge in [-0.2, -0.15) is 5.26 Å². The molecule has 1 saturated heterocycles. The topological polar surface area (TPSA) is 75.8 Å². The Hall–Kier alpha value is -1.80. The molecular weight excluding hydrogens is 186 g/mol. The highest BCUT2D eigenvalue weighted by Crippen LogP contribution is 2.50. The van der Waals surface area contributed by atoms with Crippen LogP contribution in [0.4, 0.5) is 0 Å². The molecule has 0 N–H and O–H groups in total. The van der Waals surface area contributed by atoms with Gasteiger partial charge in [-0.3, -0.25) is 0 Å². The Morgan fingerprint density at radius 1 is 1.79 bits per heavy atom. The van der Waals surface area contributed by atoms with Gasteiger partial charge in [-0.05, 0) is 6.07 Å². The van der Waals surface area contributed by atoms with Gasteiger partial charge in [0.2, 0.25) is 0 Å². The van der Waals surface area contributed by atoms with E-state index in [0.717, 1.165) is 0 Å². The third kappa shape index (κ3) is 1.01. The van der Waals surface area contributed by atoms with E-state index in [0.29, 0.717) is 5.56 Å². The number of carbonyl (C=O) groups is 1. The van der Waals surface area contributed by atoms with Crippen LogP contribution in [0.5, 0.6) is 0 Å². The molecule has 0 saturated carbocycles. The summed E-state index contributed by atoms with van der Waals surface area (Å²) in [7, 11) is 1.22. The Kier molecular flexibility index (Phi) is 1.79. The molecule has 0 amide bonds. The number of furan rings is 1. The number of esters is 1. The average Bonchev–Trinajstić information content (AvgIpc) is 2.72. The predicted octanol–water partition coefficient (Wildman–Crippen LogP) is 0.786. The van der Waals surface area contributed by atoms with Crippen LogP contribution in [-0.4, -0.2) is 18.7 Å². The van der Waals surface area contributed by atoms with E-state index in [1.807, 2.05) is 0 Å². The van der Waals surface area contributed by atoms with Crippen molar-refractivity contribution in [3.05, 3.63) is 24.2 Å².